The zero-order valence-corrected chi connectivity index (χ0v) is 16.5. The van der Waals surface area contributed by atoms with Gasteiger partial charge in [-0.2, -0.15) is 0 Å². The Balaban J connectivity index is 2.07. The van der Waals surface area contributed by atoms with Crippen molar-refractivity contribution in [1.29, 1.82) is 0 Å². The second-order valence-electron chi connectivity index (χ2n) is 6.39. The van der Waals surface area contributed by atoms with Crippen LogP contribution in [0.4, 0.5) is 0 Å². The molecular formula is C16H33NO4SSi. The van der Waals surface area contributed by atoms with Crippen LogP contribution in [-0.2, 0) is 13.7 Å². The molecule has 0 aromatic carbocycles. The smallest absolute Gasteiger partial charge is 0.389 e. The molecule has 23 heavy (non-hydrogen) atoms. The largest absolute Gasteiger partial charge is 0.515 e. The molecule has 1 saturated heterocycles. The normalized spacial score (nSPS) is 25.8. The molecule has 0 aromatic heterocycles. The zero-order chi connectivity index (χ0) is 17.0. The number of hydrogen-bond donors (Lipinski definition) is 2. The molecule has 1 aliphatic heterocycles. The highest BCUT2D eigenvalue weighted by atomic mass is 32.2. The summed E-state index contributed by atoms with van der Waals surface area (Å²) in [6.45, 7) is 5.60. The SMILES string of the molecule is CCCCCCCC(=O)SCCC[Si]1(O)OCCC(C)CNO1. The van der Waals surface area contributed by atoms with Gasteiger partial charge in [-0.05, 0) is 25.2 Å². The second kappa shape index (κ2) is 12.4. The van der Waals surface area contributed by atoms with Crippen molar-refractivity contribution in [3.8, 4) is 0 Å². The average Bonchev–Trinajstić information content (AvgIpc) is 2.50. The van der Waals surface area contributed by atoms with Gasteiger partial charge in [0.1, 0.15) is 0 Å². The summed E-state index contributed by atoms with van der Waals surface area (Å²) < 4.78 is 10.9. The van der Waals surface area contributed by atoms with Crippen molar-refractivity contribution in [3.63, 3.8) is 0 Å². The molecule has 0 aliphatic carbocycles. The fourth-order valence-corrected chi connectivity index (χ4v) is 5.13. The van der Waals surface area contributed by atoms with E-state index in [9.17, 15) is 9.59 Å². The van der Waals surface area contributed by atoms with E-state index in [1.165, 1.54) is 31.0 Å². The van der Waals surface area contributed by atoms with Gasteiger partial charge >= 0.3 is 8.80 Å². The molecule has 2 N–H and O–H groups in total. The first kappa shape index (κ1) is 21.1. The van der Waals surface area contributed by atoms with Crippen molar-refractivity contribution >= 4 is 25.7 Å². The van der Waals surface area contributed by atoms with Crippen LogP contribution in [0, 0.1) is 5.92 Å². The van der Waals surface area contributed by atoms with Gasteiger partial charge in [0.15, 0.2) is 5.12 Å². The maximum absolute atomic E-state index is 11.8. The predicted octanol–water partition coefficient (Wildman–Crippen LogP) is 3.51. The Hall–Kier alpha value is 0.0769. The molecule has 0 saturated carbocycles. The van der Waals surface area contributed by atoms with Crippen LogP contribution in [0.25, 0.3) is 0 Å². The predicted molar refractivity (Wildman–Crippen MR) is 97.1 cm³/mol. The van der Waals surface area contributed by atoms with Crippen molar-refractivity contribution in [2.75, 3.05) is 18.9 Å². The van der Waals surface area contributed by atoms with Crippen LogP contribution in [0.2, 0.25) is 6.04 Å². The van der Waals surface area contributed by atoms with E-state index in [1.54, 1.807) is 0 Å². The third-order valence-corrected chi connectivity index (χ3v) is 7.11. The molecule has 1 fully saturated rings. The number of unbranched alkanes of at least 4 members (excludes halogenated alkanes) is 4. The average molecular weight is 364 g/mol. The van der Waals surface area contributed by atoms with E-state index < -0.39 is 8.80 Å². The number of hydrogen-bond acceptors (Lipinski definition) is 6. The molecule has 2 atom stereocenters. The highest BCUT2D eigenvalue weighted by Gasteiger charge is 2.38. The zero-order valence-electron chi connectivity index (χ0n) is 14.6. The molecule has 0 spiro atoms. The Labute approximate surface area is 146 Å². The third-order valence-electron chi connectivity index (χ3n) is 3.99. The van der Waals surface area contributed by atoms with Gasteiger partial charge in [-0.25, -0.2) is 5.48 Å². The van der Waals surface area contributed by atoms with Gasteiger partial charge in [0.25, 0.3) is 0 Å². The lowest BCUT2D eigenvalue weighted by molar-refractivity contribution is -0.111. The Morgan fingerprint density at radius 2 is 2.09 bits per heavy atom. The third kappa shape index (κ3) is 10.5. The molecule has 5 nitrogen and oxygen atoms in total. The van der Waals surface area contributed by atoms with Crippen molar-refractivity contribution in [1.82, 2.24) is 5.48 Å². The van der Waals surface area contributed by atoms with Crippen LogP contribution < -0.4 is 5.48 Å². The van der Waals surface area contributed by atoms with Gasteiger partial charge in [0.05, 0.1) is 0 Å². The highest BCUT2D eigenvalue weighted by Crippen LogP contribution is 2.19. The fraction of sp³-hybridized carbons (Fsp3) is 0.938. The van der Waals surface area contributed by atoms with Crippen molar-refractivity contribution < 1.29 is 18.5 Å². The van der Waals surface area contributed by atoms with Crippen LogP contribution >= 0.6 is 11.8 Å². The van der Waals surface area contributed by atoms with Gasteiger partial charge in [0, 0.05) is 31.4 Å². The van der Waals surface area contributed by atoms with E-state index in [4.69, 9.17) is 8.95 Å². The number of carbonyl (C=O) groups excluding carboxylic acids is 1. The molecule has 136 valence electrons. The minimum atomic E-state index is -3.10. The number of hydroxylamine groups is 1. The molecule has 2 unspecified atom stereocenters. The molecule has 1 aliphatic rings. The number of nitrogens with one attached hydrogen (secondary N) is 1. The van der Waals surface area contributed by atoms with Gasteiger partial charge in [-0.1, -0.05) is 51.3 Å². The summed E-state index contributed by atoms with van der Waals surface area (Å²) in [5, 5.41) is 0.265. The summed E-state index contributed by atoms with van der Waals surface area (Å²) in [6, 6.07) is 0.505. The summed E-state index contributed by atoms with van der Waals surface area (Å²) in [6.07, 6.45) is 8.21. The molecule has 0 amide bonds. The maximum atomic E-state index is 11.8. The van der Waals surface area contributed by atoms with Gasteiger partial charge in [0.2, 0.25) is 0 Å². The summed E-state index contributed by atoms with van der Waals surface area (Å²) in [5.74, 6) is 1.21. The van der Waals surface area contributed by atoms with E-state index in [0.29, 0.717) is 25.0 Å². The molecule has 0 bridgehead atoms. The lowest BCUT2D eigenvalue weighted by Gasteiger charge is -2.28. The minimum absolute atomic E-state index is 0.265. The Morgan fingerprint density at radius 3 is 2.87 bits per heavy atom. The number of rotatable bonds is 10. The topological polar surface area (TPSA) is 67.8 Å². The second-order valence-corrected chi connectivity index (χ2v) is 9.96. The highest BCUT2D eigenvalue weighted by molar-refractivity contribution is 8.13. The minimum Gasteiger partial charge on any atom is -0.389 e. The van der Waals surface area contributed by atoms with Crippen LogP contribution in [-0.4, -0.2) is 37.6 Å². The quantitative estimate of drug-likeness (QED) is 0.457. The Morgan fingerprint density at radius 1 is 1.30 bits per heavy atom. The lowest BCUT2D eigenvalue weighted by Crippen LogP contribution is -2.49. The van der Waals surface area contributed by atoms with Crippen LogP contribution in [0.15, 0.2) is 0 Å². The van der Waals surface area contributed by atoms with E-state index in [-0.39, 0.29) is 5.12 Å². The van der Waals surface area contributed by atoms with Crippen LogP contribution in [0.3, 0.4) is 0 Å². The summed E-state index contributed by atoms with van der Waals surface area (Å²) in [7, 11) is -3.10. The van der Waals surface area contributed by atoms with Crippen molar-refractivity contribution in [2.24, 2.45) is 5.92 Å². The van der Waals surface area contributed by atoms with E-state index in [1.807, 2.05) is 0 Å². The first-order chi connectivity index (χ1) is 11.1. The first-order valence-corrected chi connectivity index (χ1v) is 11.9. The van der Waals surface area contributed by atoms with Gasteiger partial charge in [-0.15, -0.1) is 0 Å². The number of carbonyl (C=O) groups is 1. The monoisotopic (exact) mass is 363 g/mol. The standard InChI is InChI=1S/C16H33NO4SSi/c1-3-4-5-6-7-9-16(18)22-12-8-13-23(19)20-11-10-15(2)14-17-21-23/h15,17,19H,3-14H2,1-2H3. The van der Waals surface area contributed by atoms with E-state index >= 15 is 0 Å². The maximum Gasteiger partial charge on any atom is 0.515 e. The van der Waals surface area contributed by atoms with Crippen molar-refractivity contribution in [3.05, 3.63) is 0 Å². The Bertz CT molecular complexity index is 323. The summed E-state index contributed by atoms with van der Waals surface area (Å²) in [4.78, 5) is 22.2. The van der Waals surface area contributed by atoms with E-state index in [2.05, 4.69) is 19.3 Å². The Kier molecular flexibility index (Phi) is 11.4. The summed E-state index contributed by atoms with van der Waals surface area (Å²) >= 11 is 1.38. The van der Waals surface area contributed by atoms with Crippen molar-refractivity contribution in [2.45, 2.75) is 71.3 Å². The van der Waals surface area contributed by atoms with Crippen LogP contribution in [0.1, 0.15) is 65.2 Å². The fourth-order valence-electron chi connectivity index (χ4n) is 2.40. The lowest BCUT2D eigenvalue weighted by atomic mass is 10.1. The molecular weight excluding hydrogens is 330 g/mol. The van der Waals surface area contributed by atoms with E-state index in [0.717, 1.165) is 38.0 Å². The first-order valence-electron chi connectivity index (χ1n) is 8.98. The molecule has 0 radical (unpaired) electrons. The number of thioether (sulfide) groups is 1. The molecule has 1 rings (SSSR count). The van der Waals surface area contributed by atoms with Gasteiger partial charge < -0.3 is 9.22 Å². The molecule has 7 heteroatoms. The van der Waals surface area contributed by atoms with Gasteiger partial charge in [-0.3, -0.25) is 9.32 Å². The summed E-state index contributed by atoms with van der Waals surface area (Å²) in [5.41, 5.74) is 2.83. The van der Waals surface area contributed by atoms with Crippen LogP contribution in [0.5, 0.6) is 0 Å². The molecule has 1 heterocycles. The molecule has 0 aromatic rings.